The fourth-order valence-corrected chi connectivity index (χ4v) is 4.62. The number of rotatable bonds is 11. The Kier molecular flexibility index (Phi) is 9.51. The average molecular weight is 473 g/mol. The second kappa shape index (κ2) is 12.3. The molecule has 2 aromatic rings. The Hall–Kier alpha value is -2.18. The third kappa shape index (κ3) is 7.41. The summed E-state index contributed by atoms with van der Waals surface area (Å²) in [5.74, 6) is 2.90. The van der Waals surface area contributed by atoms with Crippen molar-refractivity contribution in [2.75, 3.05) is 31.1 Å². The van der Waals surface area contributed by atoms with Gasteiger partial charge in [-0.3, -0.25) is 4.79 Å². The van der Waals surface area contributed by atoms with E-state index in [0.717, 1.165) is 73.6 Å². The number of nitrogens with zero attached hydrogens (tertiary/aromatic N) is 3. The number of aryl methyl sites for hydroxylation is 2. The van der Waals surface area contributed by atoms with E-state index >= 15 is 0 Å². The molecule has 0 aliphatic carbocycles. The summed E-state index contributed by atoms with van der Waals surface area (Å²) in [5.41, 5.74) is 8.50. The van der Waals surface area contributed by atoms with E-state index in [-0.39, 0.29) is 5.78 Å². The third-order valence-corrected chi connectivity index (χ3v) is 6.78. The summed E-state index contributed by atoms with van der Waals surface area (Å²) in [4.78, 5) is 23.6. The van der Waals surface area contributed by atoms with Gasteiger partial charge in [-0.25, -0.2) is 9.97 Å². The van der Waals surface area contributed by atoms with E-state index in [0.29, 0.717) is 36.4 Å². The quantitative estimate of drug-likeness (QED) is 0.349. The molecule has 1 unspecified atom stereocenters. The first-order valence-corrected chi connectivity index (χ1v) is 12.4. The molecule has 1 atom stereocenters. The molecule has 1 aromatic carbocycles. The molecular weight excluding hydrogens is 436 g/mol. The van der Waals surface area contributed by atoms with E-state index in [1.165, 1.54) is 0 Å². The van der Waals surface area contributed by atoms with Crippen molar-refractivity contribution < 1.29 is 9.53 Å². The number of benzene rings is 1. The van der Waals surface area contributed by atoms with Gasteiger partial charge in [0, 0.05) is 25.1 Å². The molecule has 1 aliphatic rings. The Balaban J connectivity index is 1.41. The van der Waals surface area contributed by atoms with Gasteiger partial charge in [-0.15, -0.1) is 0 Å². The van der Waals surface area contributed by atoms with Crippen LogP contribution < -0.4 is 15.4 Å². The molecular formula is C26H37ClN4O2. The molecule has 3 rings (SSSR count). The molecule has 0 radical (unpaired) electrons. The molecule has 0 bridgehead atoms. The Labute approximate surface area is 202 Å². The van der Waals surface area contributed by atoms with Gasteiger partial charge in [0.15, 0.2) is 5.78 Å². The second-order valence-corrected chi connectivity index (χ2v) is 9.79. The molecule has 2 heterocycles. The van der Waals surface area contributed by atoms with Crippen molar-refractivity contribution in [3.8, 4) is 5.75 Å². The summed E-state index contributed by atoms with van der Waals surface area (Å²) in [5, 5.41) is 0.567. The first-order chi connectivity index (χ1) is 15.9. The smallest absolute Gasteiger partial charge is 0.225 e. The van der Waals surface area contributed by atoms with Crippen molar-refractivity contribution in [3.05, 3.63) is 46.2 Å². The summed E-state index contributed by atoms with van der Waals surface area (Å²) in [6.45, 7) is 9.35. The van der Waals surface area contributed by atoms with Crippen molar-refractivity contribution in [3.63, 3.8) is 0 Å². The van der Waals surface area contributed by atoms with Gasteiger partial charge >= 0.3 is 0 Å². The zero-order valence-electron chi connectivity index (χ0n) is 20.1. The monoisotopic (exact) mass is 472 g/mol. The zero-order chi connectivity index (χ0) is 23.8. The second-order valence-electron chi connectivity index (χ2n) is 9.36. The lowest BCUT2D eigenvalue weighted by atomic mass is 9.92. The zero-order valence-corrected chi connectivity index (χ0v) is 20.9. The first-order valence-electron chi connectivity index (χ1n) is 12.1. The number of nitrogens with two attached hydrogens (primary N) is 1. The highest BCUT2D eigenvalue weighted by atomic mass is 35.5. The summed E-state index contributed by atoms with van der Waals surface area (Å²) < 4.78 is 6.04. The normalized spacial score (nSPS) is 15.5. The number of ketones is 1. The lowest BCUT2D eigenvalue weighted by Crippen LogP contribution is -2.34. The van der Waals surface area contributed by atoms with E-state index in [9.17, 15) is 4.79 Å². The van der Waals surface area contributed by atoms with Crippen molar-refractivity contribution in [2.45, 2.75) is 59.3 Å². The number of Topliss-reactive ketones (excluding diaryl/α,β-unsaturated/α-hetero) is 1. The molecule has 0 saturated carbocycles. The van der Waals surface area contributed by atoms with Gasteiger partial charge in [0.25, 0.3) is 0 Å². The van der Waals surface area contributed by atoms with Crippen LogP contribution in [0.25, 0.3) is 0 Å². The molecule has 180 valence electrons. The minimum Gasteiger partial charge on any atom is -0.494 e. The van der Waals surface area contributed by atoms with Crippen LogP contribution in [0.1, 0.15) is 66.9 Å². The van der Waals surface area contributed by atoms with E-state index in [4.69, 9.17) is 22.1 Å². The van der Waals surface area contributed by atoms with Gasteiger partial charge in [0.2, 0.25) is 5.95 Å². The van der Waals surface area contributed by atoms with Crippen molar-refractivity contribution in [2.24, 2.45) is 17.6 Å². The molecule has 1 saturated heterocycles. The Morgan fingerprint density at radius 1 is 1.21 bits per heavy atom. The summed E-state index contributed by atoms with van der Waals surface area (Å²) >= 11 is 5.88. The minimum absolute atomic E-state index is 0.201. The molecule has 2 N–H and O–H groups in total. The van der Waals surface area contributed by atoms with Crippen LogP contribution in [0.4, 0.5) is 5.95 Å². The summed E-state index contributed by atoms with van der Waals surface area (Å²) in [7, 11) is 0. The number of ether oxygens (including phenoxy) is 1. The third-order valence-electron chi connectivity index (χ3n) is 6.58. The van der Waals surface area contributed by atoms with Gasteiger partial charge in [-0.2, -0.15) is 0 Å². The fraction of sp³-hybridized carbons (Fsp3) is 0.577. The highest BCUT2D eigenvalue weighted by Gasteiger charge is 2.21. The predicted molar refractivity (Wildman–Crippen MR) is 134 cm³/mol. The molecule has 1 fully saturated rings. The van der Waals surface area contributed by atoms with Crippen LogP contribution in [0.5, 0.6) is 5.75 Å². The van der Waals surface area contributed by atoms with E-state index in [1.54, 1.807) is 12.4 Å². The predicted octanol–water partition coefficient (Wildman–Crippen LogP) is 5.38. The maximum absolute atomic E-state index is 12.7. The SMILES string of the molecule is Cc1cc(OCCCC2CCN(c3ncc(Cl)cn3)CC2)cc(C)c1C(=O)CCC(C)CN. The maximum atomic E-state index is 12.7. The minimum atomic E-state index is 0.201. The number of hydrogen-bond donors (Lipinski definition) is 1. The Morgan fingerprint density at radius 2 is 1.85 bits per heavy atom. The van der Waals surface area contributed by atoms with Crippen LogP contribution in [-0.2, 0) is 0 Å². The number of anilines is 1. The van der Waals surface area contributed by atoms with Crippen LogP contribution in [0.3, 0.4) is 0 Å². The largest absolute Gasteiger partial charge is 0.494 e. The summed E-state index contributed by atoms with van der Waals surface area (Å²) in [6.07, 6.45) is 9.15. The number of aromatic nitrogens is 2. The lowest BCUT2D eigenvalue weighted by molar-refractivity contribution is 0.0973. The van der Waals surface area contributed by atoms with Crippen molar-refractivity contribution in [1.29, 1.82) is 0 Å². The summed E-state index contributed by atoms with van der Waals surface area (Å²) in [6, 6.07) is 3.99. The van der Waals surface area contributed by atoms with Crippen LogP contribution in [0.2, 0.25) is 5.02 Å². The fourth-order valence-electron chi connectivity index (χ4n) is 4.52. The van der Waals surface area contributed by atoms with Crippen molar-refractivity contribution >= 4 is 23.3 Å². The van der Waals surface area contributed by atoms with Gasteiger partial charge in [-0.1, -0.05) is 18.5 Å². The number of carbonyl (C=O) groups is 1. The molecule has 1 aliphatic heterocycles. The topological polar surface area (TPSA) is 81.3 Å². The number of carbonyl (C=O) groups excluding carboxylic acids is 1. The Morgan fingerprint density at radius 3 is 2.45 bits per heavy atom. The molecule has 33 heavy (non-hydrogen) atoms. The highest BCUT2D eigenvalue weighted by Crippen LogP contribution is 2.26. The van der Waals surface area contributed by atoms with Crippen LogP contribution >= 0.6 is 11.6 Å². The molecule has 0 amide bonds. The van der Waals surface area contributed by atoms with Gasteiger partial charge in [0.1, 0.15) is 5.75 Å². The maximum Gasteiger partial charge on any atom is 0.225 e. The number of piperidine rings is 1. The number of halogens is 1. The van der Waals surface area contributed by atoms with Crippen LogP contribution in [-0.4, -0.2) is 42.0 Å². The first kappa shape index (κ1) is 25.4. The number of hydrogen-bond acceptors (Lipinski definition) is 6. The van der Waals surface area contributed by atoms with E-state index in [1.807, 2.05) is 26.0 Å². The molecule has 0 spiro atoms. The standard InChI is InChI=1S/C26H37ClN4O2/c1-18(15-28)6-7-24(32)25-19(2)13-23(14-20(25)3)33-12-4-5-21-8-10-31(11-9-21)26-29-16-22(27)17-30-26/h13-14,16-18,21H,4-12,15,28H2,1-3H3. The lowest BCUT2D eigenvalue weighted by Gasteiger charge is -2.32. The van der Waals surface area contributed by atoms with Crippen LogP contribution in [0.15, 0.2) is 24.5 Å². The van der Waals surface area contributed by atoms with E-state index < -0.39 is 0 Å². The van der Waals surface area contributed by atoms with E-state index in [2.05, 4.69) is 21.8 Å². The molecule has 1 aromatic heterocycles. The Bertz CT molecular complexity index is 888. The molecule has 7 heteroatoms. The van der Waals surface area contributed by atoms with Gasteiger partial charge < -0.3 is 15.4 Å². The van der Waals surface area contributed by atoms with Gasteiger partial charge in [-0.05, 0) is 87.6 Å². The van der Waals surface area contributed by atoms with Gasteiger partial charge in [0.05, 0.1) is 24.0 Å². The highest BCUT2D eigenvalue weighted by molar-refractivity contribution is 6.30. The molecule has 6 nitrogen and oxygen atoms in total. The van der Waals surface area contributed by atoms with Crippen molar-refractivity contribution in [1.82, 2.24) is 9.97 Å². The van der Waals surface area contributed by atoms with Crippen LogP contribution in [0, 0.1) is 25.7 Å². The average Bonchev–Trinajstić information content (AvgIpc) is 2.81.